The molecule has 0 aliphatic rings. The van der Waals surface area contributed by atoms with Crippen molar-refractivity contribution in [2.24, 2.45) is 0 Å². The van der Waals surface area contributed by atoms with Gasteiger partial charge in [-0.25, -0.2) is 4.79 Å². The fraction of sp³-hybridized carbons (Fsp3) is 0.250. The smallest absolute Gasteiger partial charge is 0.339 e. The highest BCUT2D eigenvalue weighted by molar-refractivity contribution is 5.98. The van der Waals surface area contributed by atoms with E-state index in [4.69, 9.17) is 4.74 Å². The van der Waals surface area contributed by atoms with Crippen molar-refractivity contribution >= 4 is 29.2 Å². The molecular formula is C20H22N2O4. The quantitative estimate of drug-likeness (QED) is 0.806. The van der Waals surface area contributed by atoms with Crippen LogP contribution in [0.25, 0.3) is 0 Å². The minimum absolute atomic E-state index is 0.172. The van der Waals surface area contributed by atoms with Crippen LogP contribution in [0.2, 0.25) is 0 Å². The number of esters is 1. The maximum Gasteiger partial charge on any atom is 0.339 e. The molecular weight excluding hydrogens is 332 g/mol. The molecule has 2 aromatic carbocycles. The number of rotatable bonds is 5. The minimum Gasteiger partial charge on any atom is -0.449 e. The Morgan fingerprint density at radius 1 is 0.923 bits per heavy atom. The van der Waals surface area contributed by atoms with E-state index in [2.05, 4.69) is 10.6 Å². The van der Waals surface area contributed by atoms with Crippen molar-refractivity contribution < 1.29 is 19.1 Å². The van der Waals surface area contributed by atoms with Gasteiger partial charge in [-0.1, -0.05) is 12.1 Å². The van der Waals surface area contributed by atoms with Crippen LogP contribution in [0.3, 0.4) is 0 Å². The Balaban J connectivity index is 1.97. The third kappa shape index (κ3) is 4.92. The van der Waals surface area contributed by atoms with Crippen LogP contribution in [0.15, 0.2) is 42.5 Å². The zero-order chi connectivity index (χ0) is 19.3. The van der Waals surface area contributed by atoms with Crippen LogP contribution in [0.5, 0.6) is 0 Å². The third-order valence-corrected chi connectivity index (χ3v) is 3.95. The first-order valence-corrected chi connectivity index (χ1v) is 8.23. The summed E-state index contributed by atoms with van der Waals surface area (Å²) < 4.78 is 5.27. The fourth-order valence-electron chi connectivity index (χ4n) is 2.33. The Labute approximate surface area is 152 Å². The maximum absolute atomic E-state index is 12.3. The second-order valence-corrected chi connectivity index (χ2v) is 6.04. The Morgan fingerprint density at radius 3 is 2.08 bits per heavy atom. The van der Waals surface area contributed by atoms with E-state index in [0.717, 1.165) is 11.1 Å². The number of nitrogens with one attached hydrogen (secondary N) is 2. The van der Waals surface area contributed by atoms with Gasteiger partial charge in [0.25, 0.3) is 5.91 Å². The van der Waals surface area contributed by atoms with Crippen molar-refractivity contribution in [3.8, 4) is 0 Å². The monoisotopic (exact) mass is 354 g/mol. The van der Waals surface area contributed by atoms with Crippen LogP contribution in [0.1, 0.15) is 35.3 Å². The number of carbonyl (C=O) groups excluding carboxylic acids is 3. The van der Waals surface area contributed by atoms with Crippen molar-refractivity contribution in [3.63, 3.8) is 0 Å². The van der Waals surface area contributed by atoms with E-state index in [1.54, 1.807) is 36.4 Å². The number of hydrogen-bond donors (Lipinski definition) is 2. The second-order valence-electron chi connectivity index (χ2n) is 6.04. The van der Waals surface area contributed by atoms with E-state index >= 15 is 0 Å². The van der Waals surface area contributed by atoms with Gasteiger partial charge in [0.1, 0.15) is 0 Å². The summed E-state index contributed by atoms with van der Waals surface area (Å²) >= 11 is 0. The summed E-state index contributed by atoms with van der Waals surface area (Å²) in [6.07, 6.45) is -0.947. The lowest BCUT2D eigenvalue weighted by Crippen LogP contribution is -2.30. The number of aryl methyl sites for hydroxylation is 1. The van der Waals surface area contributed by atoms with E-state index in [1.807, 2.05) is 19.9 Å². The molecule has 0 fully saturated rings. The summed E-state index contributed by atoms with van der Waals surface area (Å²) in [7, 11) is 0. The molecule has 0 aliphatic heterocycles. The number of carbonyl (C=O) groups is 3. The van der Waals surface area contributed by atoms with Crippen molar-refractivity contribution in [1.82, 2.24) is 0 Å². The van der Waals surface area contributed by atoms with Gasteiger partial charge in [0.15, 0.2) is 6.10 Å². The molecule has 26 heavy (non-hydrogen) atoms. The summed E-state index contributed by atoms with van der Waals surface area (Å²) in [5.74, 6) is -1.14. The first-order chi connectivity index (χ1) is 12.3. The van der Waals surface area contributed by atoms with Gasteiger partial charge >= 0.3 is 5.97 Å². The molecule has 0 aromatic heterocycles. The van der Waals surface area contributed by atoms with Crippen LogP contribution in [-0.4, -0.2) is 23.9 Å². The molecule has 0 saturated heterocycles. The summed E-state index contributed by atoms with van der Waals surface area (Å²) in [6.45, 7) is 6.69. The molecule has 2 amide bonds. The standard InChI is InChI=1S/C20H22N2O4/c1-12-6-5-7-18(13(12)2)20(25)26-14(3)19(24)22-17-10-8-16(9-11-17)21-15(4)23/h5-11,14H,1-4H3,(H,21,23)(H,22,24)/t14-/m0/s1. The maximum atomic E-state index is 12.3. The molecule has 2 N–H and O–H groups in total. The summed E-state index contributed by atoms with van der Waals surface area (Å²) in [4.78, 5) is 35.5. The van der Waals surface area contributed by atoms with Gasteiger partial charge < -0.3 is 15.4 Å². The van der Waals surface area contributed by atoms with Crippen molar-refractivity contribution in [3.05, 3.63) is 59.2 Å². The number of amides is 2. The van der Waals surface area contributed by atoms with Crippen LogP contribution in [0.4, 0.5) is 11.4 Å². The number of benzene rings is 2. The zero-order valence-electron chi connectivity index (χ0n) is 15.3. The van der Waals surface area contributed by atoms with Crippen molar-refractivity contribution in [1.29, 1.82) is 0 Å². The Bertz CT molecular complexity index is 828. The molecule has 2 aromatic rings. The van der Waals surface area contributed by atoms with E-state index < -0.39 is 18.0 Å². The lowest BCUT2D eigenvalue weighted by molar-refractivity contribution is -0.123. The average molecular weight is 354 g/mol. The molecule has 136 valence electrons. The molecule has 0 spiro atoms. The highest BCUT2D eigenvalue weighted by atomic mass is 16.5. The van der Waals surface area contributed by atoms with Crippen LogP contribution < -0.4 is 10.6 Å². The lowest BCUT2D eigenvalue weighted by Gasteiger charge is -2.15. The fourth-order valence-corrected chi connectivity index (χ4v) is 2.33. The predicted molar refractivity (Wildman–Crippen MR) is 100 cm³/mol. The van der Waals surface area contributed by atoms with Gasteiger partial charge in [-0.2, -0.15) is 0 Å². The molecule has 6 heteroatoms. The van der Waals surface area contributed by atoms with Gasteiger partial charge in [-0.05, 0) is 62.2 Å². The van der Waals surface area contributed by atoms with Crippen LogP contribution in [0, 0.1) is 13.8 Å². The SMILES string of the molecule is CC(=O)Nc1ccc(NC(=O)[C@H](C)OC(=O)c2cccc(C)c2C)cc1. The molecule has 2 rings (SSSR count). The van der Waals surface area contributed by atoms with E-state index in [1.165, 1.54) is 13.8 Å². The van der Waals surface area contributed by atoms with E-state index in [9.17, 15) is 14.4 Å². The summed E-state index contributed by atoms with van der Waals surface area (Å²) in [6, 6.07) is 12.0. The van der Waals surface area contributed by atoms with Crippen molar-refractivity contribution in [2.45, 2.75) is 33.8 Å². The van der Waals surface area contributed by atoms with Gasteiger partial charge in [0, 0.05) is 18.3 Å². The van der Waals surface area contributed by atoms with Gasteiger partial charge in [0.05, 0.1) is 5.56 Å². The zero-order valence-corrected chi connectivity index (χ0v) is 15.3. The molecule has 0 bridgehead atoms. The number of hydrogen-bond acceptors (Lipinski definition) is 4. The molecule has 0 saturated carbocycles. The predicted octanol–water partition coefficient (Wildman–Crippen LogP) is 3.45. The van der Waals surface area contributed by atoms with E-state index in [0.29, 0.717) is 16.9 Å². The molecule has 0 heterocycles. The summed E-state index contributed by atoms with van der Waals surface area (Å²) in [5.41, 5.74) is 3.43. The number of anilines is 2. The molecule has 0 radical (unpaired) electrons. The number of ether oxygens (including phenoxy) is 1. The highest BCUT2D eigenvalue weighted by Crippen LogP contribution is 2.16. The first kappa shape index (κ1) is 19.2. The molecule has 1 atom stereocenters. The molecule has 6 nitrogen and oxygen atoms in total. The largest absolute Gasteiger partial charge is 0.449 e. The normalized spacial score (nSPS) is 11.4. The minimum atomic E-state index is -0.947. The van der Waals surface area contributed by atoms with Crippen LogP contribution in [-0.2, 0) is 14.3 Å². The van der Waals surface area contributed by atoms with Crippen molar-refractivity contribution in [2.75, 3.05) is 10.6 Å². The lowest BCUT2D eigenvalue weighted by atomic mass is 10.0. The Morgan fingerprint density at radius 2 is 1.50 bits per heavy atom. The molecule has 0 aliphatic carbocycles. The first-order valence-electron chi connectivity index (χ1n) is 8.23. The van der Waals surface area contributed by atoms with Gasteiger partial charge in [-0.3, -0.25) is 9.59 Å². The van der Waals surface area contributed by atoms with Gasteiger partial charge in [0.2, 0.25) is 5.91 Å². The Hall–Kier alpha value is -3.15. The second kappa shape index (κ2) is 8.29. The van der Waals surface area contributed by atoms with Gasteiger partial charge in [-0.15, -0.1) is 0 Å². The average Bonchev–Trinajstić information content (AvgIpc) is 2.58. The summed E-state index contributed by atoms with van der Waals surface area (Å²) in [5, 5.41) is 5.32. The Kier molecular flexibility index (Phi) is 6.11. The molecule has 0 unspecified atom stereocenters. The van der Waals surface area contributed by atoms with E-state index in [-0.39, 0.29) is 5.91 Å². The highest BCUT2D eigenvalue weighted by Gasteiger charge is 2.20. The van der Waals surface area contributed by atoms with Crippen LogP contribution >= 0.6 is 0 Å². The third-order valence-electron chi connectivity index (χ3n) is 3.95. The topological polar surface area (TPSA) is 84.5 Å².